The fourth-order valence-electron chi connectivity index (χ4n) is 2.04. The molecule has 1 aliphatic heterocycles. The van der Waals surface area contributed by atoms with Crippen LogP contribution in [0.15, 0.2) is 18.2 Å². The number of carbonyl (C=O) groups excluding carboxylic acids is 1. The molecule has 0 radical (unpaired) electrons. The van der Waals surface area contributed by atoms with Crippen LogP contribution >= 0.6 is 0 Å². The van der Waals surface area contributed by atoms with Crippen LogP contribution in [0.4, 0.5) is 11.4 Å². The molecule has 0 saturated carbocycles. The third-order valence-electron chi connectivity index (χ3n) is 3.16. The van der Waals surface area contributed by atoms with E-state index < -0.39 is 4.92 Å². The summed E-state index contributed by atoms with van der Waals surface area (Å²) >= 11 is 0. The molecule has 1 aliphatic rings. The molecule has 2 unspecified atom stereocenters. The summed E-state index contributed by atoms with van der Waals surface area (Å²) in [5.41, 5.74) is -0.0669. The van der Waals surface area contributed by atoms with Gasteiger partial charge in [0.05, 0.1) is 28.7 Å². The van der Waals surface area contributed by atoms with Gasteiger partial charge in [0.25, 0.3) is 5.69 Å². The predicted molar refractivity (Wildman–Crippen MR) is 66.9 cm³/mol. The Morgan fingerprint density at radius 3 is 2.84 bits per heavy atom. The van der Waals surface area contributed by atoms with Crippen molar-refractivity contribution in [1.29, 1.82) is 0 Å². The number of anilines is 1. The number of ether oxygens (including phenoxy) is 1. The van der Waals surface area contributed by atoms with E-state index in [0.717, 1.165) is 6.07 Å². The second-order valence-electron chi connectivity index (χ2n) is 4.42. The molecule has 1 heterocycles. The number of hydrogen-bond acceptors (Lipinski definition) is 5. The lowest BCUT2D eigenvalue weighted by Gasteiger charge is -2.14. The van der Waals surface area contributed by atoms with Gasteiger partial charge in [-0.05, 0) is 19.4 Å². The first-order chi connectivity index (χ1) is 8.99. The number of benzene rings is 1. The quantitative estimate of drug-likeness (QED) is 0.492. The summed E-state index contributed by atoms with van der Waals surface area (Å²) in [7, 11) is 0. The molecule has 1 saturated heterocycles. The average Bonchev–Trinajstić information content (AvgIpc) is 2.77. The monoisotopic (exact) mass is 266 g/mol. The van der Waals surface area contributed by atoms with Crippen LogP contribution in [0.2, 0.25) is 0 Å². The smallest absolute Gasteiger partial charge is 0.273 e. The molecule has 7 nitrogen and oxygen atoms in total. The fourth-order valence-corrected chi connectivity index (χ4v) is 2.04. The molecule has 2 N–H and O–H groups in total. The van der Waals surface area contributed by atoms with Crippen LogP contribution in [0.25, 0.3) is 0 Å². The minimum Gasteiger partial charge on any atom is -0.506 e. The largest absolute Gasteiger partial charge is 0.506 e. The number of phenolic OH excluding ortho intramolecular Hbond substituents is 1. The van der Waals surface area contributed by atoms with E-state index in [1.165, 1.54) is 12.1 Å². The van der Waals surface area contributed by atoms with Crippen molar-refractivity contribution in [3.05, 3.63) is 28.3 Å². The standard InChI is InChI=1S/C12H14N2O5/c1-7-9(4-5-19-7)12(16)13-10-3-2-8(14(17)18)6-11(10)15/h2-3,6-7,9,15H,4-5H2,1H3,(H,13,16). The van der Waals surface area contributed by atoms with Crippen LogP contribution < -0.4 is 5.32 Å². The maximum Gasteiger partial charge on any atom is 0.273 e. The summed E-state index contributed by atoms with van der Waals surface area (Å²) in [5, 5.41) is 22.7. The molecule has 7 heteroatoms. The second kappa shape index (κ2) is 5.23. The second-order valence-corrected chi connectivity index (χ2v) is 4.42. The molecular formula is C12H14N2O5. The summed E-state index contributed by atoms with van der Waals surface area (Å²) in [5.74, 6) is -0.849. The van der Waals surface area contributed by atoms with Gasteiger partial charge in [-0.25, -0.2) is 0 Å². The lowest BCUT2D eigenvalue weighted by atomic mass is 10.0. The molecule has 2 atom stereocenters. The van der Waals surface area contributed by atoms with E-state index in [2.05, 4.69) is 5.32 Å². The van der Waals surface area contributed by atoms with Crippen molar-refractivity contribution in [2.24, 2.45) is 5.92 Å². The number of carbonyl (C=O) groups is 1. The first-order valence-corrected chi connectivity index (χ1v) is 5.89. The van der Waals surface area contributed by atoms with Crippen molar-refractivity contribution < 1.29 is 19.6 Å². The van der Waals surface area contributed by atoms with Crippen molar-refractivity contribution >= 4 is 17.3 Å². The van der Waals surface area contributed by atoms with E-state index >= 15 is 0 Å². The zero-order chi connectivity index (χ0) is 14.0. The van der Waals surface area contributed by atoms with Crippen LogP contribution in [0, 0.1) is 16.0 Å². The van der Waals surface area contributed by atoms with Crippen molar-refractivity contribution in [3.8, 4) is 5.75 Å². The number of nitro groups is 1. The minimum atomic E-state index is -0.613. The predicted octanol–water partition coefficient (Wildman–Crippen LogP) is 1.66. The Labute approximate surface area is 109 Å². The minimum absolute atomic E-state index is 0.162. The maximum absolute atomic E-state index is 12.0. The van der Waals surface area contributed by atoms with E-state index in [1.807, 2.05) is 6.92 Å². The Morgan fingerprint density at radius 1 is 1.58 bits per heavy atom. The molecule has 1 aromatic carbocycles. The summed E-state index contributed by atoms with van der Waals surface area (Å²) in [6, 6.07) is 3.54. The molecule has 2 rings (SSSR count). The highest BCUT2D eigenvalue weighted by Gasteiger charge is 2.31. The number of amides is 1. The summed E-state index contributed by atoms with van der Waals surface area (Å²) in [6.07, 6.45) is 0.459. The van der Waals surface area contributed by atoms with Crippen molar-refractivity contribution in [2.45, 2.75) is 19.4 Å². The highest BCUT2D eigenvalue weighted by Crippen LogP contribution is 2.29. The van der Waals surface area contributed by atoms with Gasteiger partial charge in [-0.3, -0.25) is 14.9 Å². The highest BCUT2D eigenvalue weighted by atomic mass is 16.6. The number of nitro benzene ring substituents is 1. The number of non-ortho nitro benzene ring substituents is 1. The number of nitrogens with one attached hydrogen (secondary N) is 1. The van der Waals surface area contributed by atoms with Crippen molar-refractivity contribution in [3.63, 3.8) is 0 Å². The number of aromatic hydroxyl groups is 1. The maximum atomic E-state index is 12.0. The van der Waals surface area contributed by atoms with Gasteiger partial charge < -0.3 is 15.2 Å². The number of nitrogens with zero attached hydrogens (tertiary/aromatic N) is 1. The molecule has 0 bridgehead atoms. The molecule has 19 heavy (non-hydrogen) atoms. The Bertz CT molecular complexity index is 517. The highest BCUT2D eigenvalue weighted by molar-refractivity contribution is 5.94. The van der Waals surface area contributed by atoms with Crippen LogP contribution in [-0.4, -0.2) is 28.6 Å². The first kappa shape index (κ1) is 13.3. The van der Waals surface area contributed by atoms with Crippen LogP contribution in [0.1, 0.15) is 13.3 Å². The number of phenols is 1. The fraction of sp³-hybridized carbons (Fsp3) is 0.417. The first-order valence-electron chi connectivity index (χ1n) is 5.89. The van der Waals surface area contributed by atoms with Crippen LogP contribution in [0.5, 0.6) is 5.75 Å². The molecular weight excluding hydrogens is 252 g/mol. The van der Waals surface area contributed by atoms with Gasteiger partial charge in [0.15, 0.2) is 0 Å². The molecule has 1 fully saturated rings. The molecule has 0 spiro atoms. The molecule has 0 aromatic heterocycles. The number of hydrogen-bond donors (Lipinski definition) is 2. The normalized spacial score (nSPS) is 22.2. The molecule has 102 valence electrons. The lowest BCUT2D eigenvalue weighted by Crippen LogP contribution is -2.27. The van der Waals surface area contributed by atoms with Gasteiger partial charge in [-0.1, -0.05) is 0 Å². The topological polar surface area (TPSA) is 102 Å². The SMILES string of the molecule is CC1OCCC1C(=O)Nc1ccc([N+](=O)[O-])cc1O. The molecule has 1 amide bonds. The average molecular weight is 266 g/mol. The van der Waals surface area contributed by atoms with Crippen molar-refractivity contribution in [2.75, 3.05) is 11.9 Å². The van der Waals surface area contributed by atoms with E-state index in [4.69, 9.17) is 4.74 Å². The van der Waals surface area contributed by atoms with Gasteiger partial charge in [-0.2, -0.15) is 0 Å². The Kier molecular flexibility index (Phi) is 3.66. The summed E-state index contributed by atoms with van der Waals surface area (Å²) < 4.78 is 5.29. The zero-order valence-corrected chi connectivity index (χ0v) is 10.3. The third kappa shape index (κ3) is 2.82. The van der Waals surface area contributed by atoms with Gasteiger partial charge in [0.2, 0.25) is 5.91 Å². The van der Waals surface area contributed by atoms with E-state index in [-0.39, 0.29) is 35.1 Å². The summed E-state index contributed by atoms with van der Waals surface area (Å²) in [4.78, 5) is 21.9. The Hall–Kier alpha value is -2.15. The number of rotatable bonds is 3. The van der Waals surface area contributed by atoms with E-state index in [1.54, 1.807) is 0 Å². The van der Waals surface area contributed by atoms with Gasteiger partial charge in [0.1, 0.15) is 5.75 Å². The van der Waals surface area contributed by atoms with Crippen LogP contribution in [0.3, 0.4) is 0 Å². The van der Waals surface area contributed by atoms with Gasteiger partial charge in [0, 0.05) is 12.7 Å². The molecule has 0 aliphatic carbocycles. The summed E-state index contributed by atoms with van der Waals surface area (Å²) in [6.45, 7) is 2.35. The Balaban J connectivity index is 2.11. The zero-order valence-electron chi connectivity index (χ0n) is 10.3. The van der Waals surface area contributed by atoms with Crippen LogP contribution in [-0.2, 0) is 9.53 Å². The third-order valence-corrected chi connectivity index (χ3v) is 3.16. The Morgan fingerprint density at radius 2 is 2.32 bits per heavy atom. The van der Waals surface area contributed by atoms with E-state index in [9.17, 15) is 20.0 Å². The molecule has 1 aromatic rings. The van der Waals surface area contributed by atoms with Gasteiger partial charge >= 0.3 is 0 Å². The van der Waals surface area contributed by atoms with Crippen molar-refractivity contribution in [1.82, 2.24) is 0 Å². The lowest BCUT2D eigenvalue weighted by molar-refractivity contribution is -0.384. The van der Waals surface area contributed by atoms with E-state index in [0.29, 0.717) is 13.0 Å². The van der Waals surface area contributed by atoms with Gasteiger partial charge in [-0.15, -0.1) is 0 Å².